The Morgan fingerprint density at radius 2 is 2.12 bits per heavy atom. The van der Waals surface area contributed by atoms with Crippen LogP contribution < -0.4 is 4.74 Å². The molecule has 1 N–H and O–H groups in total. The standard InChI is InChI=1S/C12H10N2O3/c1-8-10(3-2-5-13-8)17-11-7-9(12(15)16)4-6-14-11/h2-7H,1H3,(H,15,16). The van der Waals surface area contributed by atoms with Gasteiger partial charge in [0.05, 0.1) is 11.3 Å². The van der Waals surface area contributed by atoms with Crippen LogP contribution in [0.5, 0.6) is 11.6 Å². The third-order valence-corrected chi connectivity index (χ3v) is 2.15. The molecule has 5 heteroatoms. The summed E-state index contributed by atoms with van der Waals surface area (Å²) in [7, 11) is 0. The van der Waals surface area contributed by atoms with Crippen LogP contribution in [-0.2, 0) is 0 Å². The molecule has 0 saturated heterocycles. The Bertz CT molecular complexity index is 555. The van der Waals surface area contributed by atoms with E-state index in [1.54, 1.807) is 25.3 Å². The van der Waals surface area contributed by atoms with Gasteiger partial charge in [-0.05, 0) is 25.1 Å². The van der Waals surface area contributed by atoms with Crippen molar-refractivity contribution < 1.29 is 14.6 Å². The lowest BCUT2D eigenvalue weighted by Crippen LogP contribution is -1.98. The third-order valence-electron chi connectivity index (χ3n) is 2.15. The second kappa shape index (κ2) is 4.61. The van der Waals surface area contributed by atoms with Gasteiger partial charge in [-0.15, -0.1) is 0 Å². The number of carbonyl (C=O) groups is 1. The van der Waals surface area contributed by atoms with Gasteiger partial charge in [-0.1, -0.05) is 0 Å². The van der Waals surface area contributed by atoms with Gasteiger partial charge in [0.1, 0.15) is 0 Å². The minimum atomic E-state index is -1.01. The SMILES string of the molecule is Cc1ncccc1Oc1cc(C(=O)O)ccn1. The van der Waals surface area contributed by atoms with Crippen LogP contribution in [-0.4, -0.2) is 21.0 Å². The zero-order valence-electron chi connectivity index (χ0n) is 9.12. The monoisotopic (exact) mass is 230 g/mol. The van der Waals surface area contributed by atoms with E-state index in [1.165, 1.54) is 18.3 Å². The normalized spacial score (nSPS) is 9.94. The van der Waals surface area contributed by atoms with E-state index in [2.05, 4.69) is 9.97 Å². The maximum Gasteiger partial charge on any atom is 0.335 e. The van der Waals surface area contributed by atoms with Gasteiger partial charge in [0, 0.05) is 18.5 Å². The fraction of sp³-hybridized carbons (Fsp3) is 0.0833. The van der Waals surface area contributed by atoms with E-state index in [0.717, 1.165) is 5.69 Å². The smallest absolute Gasteiger partial charge is 0.335 e. The third kappa shape index (κ3) is 2.57. The molecule has 2 heterocycles. The summed E-state index contributed by atoms with van der Waals surface area (Å²) in [6.07, 6.45) is 3.05. The number of aryl methyl sites for hydroxylation is 1. The molecule has 0 unspecified atom stereocenters. The van der Waals surface area contributed by atoms with Gasteiger partial charge in [-0.25, -0.2) is 9.78 Å². The number of nitrogens with zero attached hydrogens (tertiary/aromatic N) is 2. The molecule has 0 radical (unpaired) electrons. The maximum absolute atomic E-state index is 10.8. The highest BCUT2D eigenvalue weighted by molar-refractivity contribution is 5.87. The predicted octanol–water partition coefficient (Wildman–Crippen LogP) is 2.28. The van der Waals surface area contributed by atoms with Crippen LogP contribution in [0.4, 0.5) is 0 Å². The Kier molecular flexibility index (Phi) is 3.00. The number of rotatable bonds is 3. The molecule has 0 bridgehead atoms. The molecule has 2 aromatic rings. The molecule has 0 aliphatic rings. The predicted molar refractivity (Wildman–Crippen MR) is 60.2 cm³/mol. The zero-order chi connectivity index (χ0) is 12.3. The van der Waals surface area contributed by atoms with Gasteiger partial charge in [0.15, 0.2) is 5.75 Å². The van der Waals surface area contributed by atoms with Gasteiger partial charge in [-0.2, -0.15) is 0 Å². The number of aromatic nitrogens is 2. The van der Waals surface area contributed by atoms with Crippen molar-refractivity contribution in [2.45, 2.75) is 6.92 Å². The minimum absolute atomic E-state index is 0.136. The maximum atomic E-state index is 10.8. The Balaban J connectivity index is 2.28. The van der Waals surface area contributed by atoms with Gasteiger partial charge in [0.25, 0.3) is 0 Å². The second-order valence-corrected chi connectivity index (χ2v) is 3.38. The van der Waals surface area contributed by atoms with Crippen molar-refractivity contribution in [1.29, 1.82) is 0 Å². The van der Waals surface area contributed by atoms with Gasteiger partial charge in [0.2, 0.25) is 5.88 Å². The first-order valence-corrected chi connectivity index (χ1v) is 4.95. The summed E-state index contributed by atoms with van der Waals surface area (Å²) in [5.41, 5.74) is 0.853. The molecule has 86 valence electrons. The molecule has 0 fully saturated rings. The van der Waals surface area contributed by atoms with Crippen molar-refractivity contribution in [3.05, 3.63) is 47.9 Å². The van der Waals surface area contributed by atoms with E-state index >= 15 is 0 Å². The summed E-state index contributed by atoms with van der Waals surface area (Å²) in [6.45, 7) is 1.80. The fourth-order valence-corrected chi connectivity index (χ4v) is 1.29. The molecule has 2 aromatic heterocycles. The zero-order valence-corrected chi connectivity index (χ0v) is 9.12. The number of ether oxygens (including phenoxy) is 1. The minimum Gasteiger partial charge on any atom is -0.478 e. The first kappa shape index (κ1) is 11.1. The molecule has 0 aliphatic heterocycles. The molecule has 17 heavy (non-hydrogen) atoms. The molecular formula is C12H10N2O3. The molecule has 0 atom stereocenters. The van der Waals surface area contributed by atoms with Gasteiger partial charge < -0.3 is 9.84 Å². The van der Waals surface area contributed by atoms with E-state index in [4.69, 9.17) is 9.84 Å². The van der Waals surface area contributed by atoms with E-state index in [-0.39, 0.29) is 11.4 Å². The second-order valence-electron chi connectivity index (χ2n) is 3.38. The summed E-state index contributed by atoms with van der Waals surface area (Å²) >= 11 is 0. The Labute approximate surface area is 97.7 Å². The highest BCUT2D eigenvalue weighted by Crippen LogP contribution is 2.21. The van der Waals surface area contributed by atoms with Crippen LogP contribution in [0.3, 0.4) is 0 Å². The molecule has 0 spiro atoms. The number of pyridine rings is 2. The number of carboxylic acid groups (broad SMARTS) is 1. The van der Waals surface area contributed by atoms with Crippen molar-refractivity contribution in [2.24, 2.45) is 0 Å². The van der Waals surface area contributed by atoms with Crippen LogP contribution >= 0.6 is 0 Å². The van der Waals surface area contributed by atoms with Crippen molar-refractivity contribution >= 4 is 5.97 Å². The Morgan fingerprint density at radius 3 is 2.82 bits per heavy atom. The average Bonchev–Trinajstić information content (AvgIpc) is 2.32. The molecule has 0 saturated carbocycles. The highest BCUT2D eigenvalue weighted by atomic mass is 16.5. The molecule has 5 nitrogen and oxygen atoms in total. The van der Waals surface area contributed by atoms with E-state index in [9.17, 15) is 4.79 Å². The van der Waals surface area contributed by atoms with E-state index in [1.807, 2.05) is 0 Å². The lowest BCUT2D eigenvalue weighted by atomic mass is 10.3. The molecular weight excluding hydrogens is 220 g/mol. The van der Waals surface area contributed by atoms with Crippen LogP contribution in [0.1, 0.15) is 16.1 Å². The summed E-state index contributed by atoms with van der Waals surface area (Å²) in [4.78, 5) is 18.8. The van der Waals surface area contributed by atoms with Crippen LogP contribution in [0.25, 0.3) is 0 Å². The fourth-order valence-electron chi connectivity index (χ4n) is 1.29. The summed E-state index contributed by atoms with van der Waals surface area (Å²) in [5.74, 6) is -0.219. The average molecular weight is 230 g/mol. The highest BCUT2D eigenvalue weighted by Gasteiger charge is 2.07. The van der Waals surface area contributed by atoms with Crippen molar-refractivity contribution in [2.75, 3.05) is 0 Å². The number of hydrogen-bond donors (Lipinski definition) is 1. The van der Waals surface area contributed by atoms with Crippen LogP contribution in [0, 0.1) is 6.92 Å². The summed E-state index contributed by atoms with van der Waals surface area (Å²) in [6, 6.07) is 6.26. The summed E-state index contributed by atoms with van der Waals surface area (Å²) < 4.78 is 5.46. The molecule has 0 aliphatic carbocycles. The first-order chi connectivity index (χ1) is 8.16. The van der Waals surface area contributed by atoms with E-state index < -0.39 is 5.97 Å². The number of carboxylic acids is 1. The Morgan fingerprint density at radius 1 is 1.29 bits per heavy atom. The summed E-state index contributed by atoms with van der Waals surface area (Å²) in [5, 5.41) is 8.83. The van der Waals surface area contributed by atoms with Crippen LogP contribution in [0.2, 0.25) is 0 Å². The molecule has 0 aromatic carbocycles. The lowest BCUT2D eigenvalue weighted by Gasteiger charge is -2.06. The Hall–Kier alpha value is -2.43. The van der Waals surface area contributed by atoms with Gasteiger partial charge in [-0.3, -0.25) is 4.98 Å². The molecule has 0 amide bonds. The van der Waals surface area contributed by atoms with Crippen molar-refractivity contribution in [3.63, 3.8) is 0 Å². The van der Waals surface area contributed by atoms with Crippen molar-refractivity contribution in [1.82, 2.24) is 9.97 Å². The number of aromatic carboxylic acids is 1. The quantitative estimate of drug-likeness (QED) is 0.875. The first-order valence-electron chi connectivity index (χ1n) is 4.95. The topological polar surface area (TPSA) is 72.3 Å². The number of hydrogen-bond acceptors (Lipinski definition) is 4. The molecule has 2 rings (SSSR count). The largest absolute Gasteiger partial charge is 0.478 e. The lowest BCUT2D eigenvalue weighted by molar-refractivity contribution is 0.0696. The van der Waals surface area contributed by atoms with E-state index in [0.29, 0.717) is 5.75 Å². The van der Waals surface area contributed by atoms with Crippen LogP contribution in [0.15, 0.2) is 36.7 Å². The van der Waals surface area contributed by atoms with Crippen molar-refractivity contribution in [3.8, 4) is 11.6 Å². The van der Waals surface area contributed by atoms with Gasteiger partial charge >= 0.3 is 5.97 Å².